The topological polar surface area (TPSA) is 618 Å². The van der Waals surface area contributed by atoms with Gasteiger partial charge in [0, 0.05) is 42.5 Å². The molecule has 1 aliphatic rings. The van der Waals surface area contributed by atoms with Crippen LogP contribution < -0.4 is 96.1 Å². The van der Waals surface area contributed by atoms with Crippen molar-refractivity contribution in [1.82, 2.24) is 100 Å². The van der Waals surface area contributed by atoms with Crippen LogP contribution in [0.4, 0.5) is 0 Å². The summed E-state index contributed by atoms with van der Waals surface area (Å²) in [5, 5.41) is 78.1. The average molecular weight is 1920 g/mol. The molecule has 136 heavy (non-hydrogen) atoms. The number of benzene rings is 1. The number of aliphatic hydroxyl groups is 3. The molecule has 18 amide bonds. The van der Waals surface area contributed by atoms with Crippen molar-refractivity contribution in [3.8, 4) is 0 Å². The number of rotatable bonds is 60. The fourth-order valence-corrected chi connectivity index (χ4v) is 15.3. The summed E-state index contributed by atoms with van der Waals surface area (Å²) in [5.41, 5.74) is 7.38. The van der Waals surface area contributed by atoms with Crippen LogP contribution >= 0.6 is 0 Å². The van der Waals surface area contributed by atoms with Crippen LogP contribution in [0.1, 0.15) is 248 Å². The van der Waals surface area contributed by atoms with Crippen molar-refractivity contribution in [1.29, 1.82) is 0 Å². The smallest absolute Gasteiger partial charge is 0.245 e. The molecule has 1 aromatic heterocycles. The van der Waals surface area contributed by atoms with E-state index in [0.29, 0.717) is 25.7 Å². The monoisotopic (exact) mass is 1920 g/mol. The molecule has 0 spiro atoms. The van der Waals surface area contributed by atoms with E-state index in [2.05, 4.69) is 95.4 Å². The van der Waals surface area contributed by atoms with E-state index in [0.717, 1.165) is 43.2 Å². The summed E-state index contributed by atoms with van der Waals surface area (Å²) in [6, 6.07) is -13.4. The number of H-pyrrole nitrogens is 1. The first kappa shape index (κ1) is 119. The van der Waals surface area contributed by atoms with Gasteiger partial charge in [-0.05, 0) is 164 Å². The number of unbranched alkanes of at least 4 members (excludes halogenated alkanes) is 1. The highest BCUT2D eigenvalue weighted by Gasteiger charge is 2.43. The molecule has 0 bridgehead atoms. The van der Waals surface area contributed by atoms with Gasteiger partial charge >= 0.3 is 0 Å². The molecule has 21 atom stereocenters. The molecule has 2 heterocycles. The third kappa shape index (κ3) is 40.0. The normalized spacial score (nSPS) is 17.1. The summed E-state index contributed by atoms with van der Waals surface area (Å²) in [6.45, 7) is 37.1. The molecule has 0 radical (unpaired) electrons. The third-order valence-corrected chi connectivity index (χ3v) is 24.2. The highest BCUT2D eigenvalue weighted by atomic mass is 16.3. The summed E-state index contributed by atoms with van der Waals surface area (Å²) < 4.78 is 0. The first-order valence-corrected chi connectivity index (χ1v) is 48.3. The summed E-state index contributed by atoms with van der Waals surface area (Å²) in [4.78, 5) is 256. The highest BCUT2D eigenvalue weighted by Crippen LogP contribution is 2.24. The zero-order valence-corrected chi connectivity index (χ0v) is 84.1. The van der Waals surface area contributed by atoms with E-state index in [-0.39, 0.29) is 118 Å². The molecule has 0 aliphatic carbocycles. The number of carbonyl (C=O) groups excluding carboxylic acids is 18. The summed E-state index contributed by atoms with van der Waals surface area (Å²) in [5.74, 6) is -16.9. The number of aromatic amines is 1. The van der Waals surface area contributed by atoms with Crippen LogP contribution in [0.5, 0.6) is 0 Å². The number of aromatic nitrogens is 1. The van der Waals surface area contributed by atoms with Crippen molar-refractivity contribution in [2.75, 3.05) is 32.8 Å². The van der Waals surface area contributed by atoms with Gasteiger partial charge in [-0.1, -0.05) is 162 Å². The van der Waals surface area contributed by atoms with Crippen LogP contribution in [0.25, 0.3) is 10.9 Å². The molecule has 2 aromatic rings. The fraction of sp³-hybridized carbons (Fsp3) is 0.726. The van der Waals surface area contributed by atoms with Gasteiger partial charge in [0.2, 0.25) is 106 Å². The molecule has 0 unspecified atom stereocenters. The number of likely N-dealkylation sites (tertiary alicyclic amines) is 1. The standard InChI is InChI=1S/C95H162N20O21/c1-24-54(16)42-73(119)98-45-74(120)100-58(20)82(123)110-76(52(12)13)91(132)107-66(38-48(4)5)85(126)104-65(34-29-30-36-96)83(124)111-77(53(14)15)92(133)108-68(40-50(8)9)87(128)113-80(61(23)118)94(135)114-79(60(22)117)90(131)99-46-75(121)103-70(41-51(10)11)95(136)115-37-31-35-72(115)89(130)102-59(21)81(122)105-67(39-49(6)7)86(127)112-78(56(18)26-3)93(134)109-71(47-116)88(129)106-69(84(125)101-57(19)55(17)25-2)43-62-44-97-64-33-28-27-32-63(62)64/h27-28,32-33,44,48-61,65-72,76-80,97,116-118H,24-26,29-31,34-43,45-47,96H2,1-23H3,(H,98,119)(H,99,131)(H,100,120)(H,101,125)(H,102,130)(H,103,121)(H,104,126)(H,105,122)(H,106,129)(H,107,132)(H,108,133)(H,109,134)(H,110,123)(H,111,124)(H,112,127)(H,113,128)(H,114,135)/t54-,55+,56+,57-,58+,59+,60-,61-,65+,66+,67+,68+,69+,70+,71+,72+,76+,77+,78+,79+,80+/m1/s1. The van der Waals surface area contributed by atoms with Crippen LogP contribution in [0, 0.1) is 53.3 Å². The number of aliphatic hydroxyl groups excluding tert-OH is 3. The number of hydrogen-bond donors (Lipinski definition) is 22. The molecule has 1 aliphatic heterocycles. The van der Waals surface area contributed by atoms with Gasteiger partial charge in [0.1, 0.15) is 90.6 Å². The Morgan fingerprint density at radius 3 is 1.34 bits per heavy atom. The zero-order valence-electron chi connectivity index (χ0n) is 84.1. The van der Waals surface area contributed by atoms with Gasteiger partial charge in [0.25, 0.3) is 0 Å². The second-order valence-corrected chi connectivity index (χ2v) is 38.9. The lowest BCUT2D eigenvalue weighted by atomic mass is 9.96. The Kier molecular flexibility index (Phi) is 51.9. The van der Waals surface area contributed by atoms with Gasteiger partial charge in [-0.25, -0.2) is 0 Å². The Hall–Kier alpha value is -10.9. The summed E-state index contributed by atoms with van der Waals surface area (Å²) in [6.07, 6.45) is 1.82. The van der Waals surface area contributed by atoms with E-state index < -0.39 is 234 Å². The lowest BCUT2D eigenvalue weighted by Gasteiger charge is -2.31. The van der Waals surface area contributed by atoms with Crippen LogP contribution in [0.2, 0.25) is 0 Å². The molecule has 23 N–H and O–H groups in total. The molecule has 1 fully saturated rings. The number of amides is 18. The molecule has 768 valence electrons. The Labute approximate surface area is 801 Å². The van der Waals surface area contributed by atoms with Crippen molar-refractivity contribution in [3.63, 3.8) is 0 Å². The Balaban J connectivity index is 1.74. The molecule has 1 saturated heterocycles. The number of hydrogen-bond acceptors (Lipinski definition) is 22. The summed E-state index contributed by atoms with van der Waals surface area (Å²) in [7, 11) is 0. The Morgan fingerprint density at radius 1 is 0.412 bits per heavy atom. The molecular formula is C95H162N20O21. The van der Waals surface area contributed by atoms with E-state index in [1.807, 2.05) is 58.9 Å². The minimum absolute atomic E-state index is 0.0148. The average Bonchev–Trinajstić information content (AvgIpc) is 1.73. The van der Waals surface area contributed by atoms with Crippen LogP contribution in [0.15, 0.2) is 30.5 Å². The van der Waals surface area contributed by atoms with Gasteiger partial charge < -0.3 is 121 Å². The van der Waals surface area contributed by atoms with E-state index in [1.54, 1.807) is 103 Å². The second-order valence-electron chi connectivity index (χ2n) is 38.9. The SMILES string of the molecule is CC[C@@H](C)CC(=O)NCC(=O)N[C@@H](C)C(=O)N[C@H](C(=O)N[C@@H](CC(C)C)C(=O)N[C@@H](CCCCN)C(=O)N[C@H](C(=O)N[C@@H](CC(C)C)C(=O)N[C@H](C(=O)N[C@H](C(=O)NCC(=O)N[C@@H](CC(C)C)C(=O)N1CCC[C@H]1C(=O)N[C@@H](C)C(=O)N[C@@H](CC(C)C)C(=O)N[C@H](C(=O)N[C@@H](CO)C(=O)N[C@@H](Cc1c[nH]c2ccccc12)C(=O)N[C@H](C)[C@@H](C)CC)[C@@H](C)CC)[C@@H](C)O)[C@@H](C)O)C(C)C)C(C)C. The first-order valence-electron chi connectivity index (χ1n) is 48.3. The summed E-state index contributed by atoms with van der Waals surface area (Å²) >= 11 is 0. The first-order chi connectivity index (χ1) is 63.7. The number of nitrogens with one attached hydrogen (secondary N) is 18. The predicted octanol–water partition coefficient (Wildman–Crippen LogP) is 0.173. The number of fused-ring (bicyclic) bond motifs is 1. The van der Waals surface area contributed by atoms with Crippen LogP contribution in [-0.4, -0.2) is 273 Å². The molecule has 3 rings (SSSR count). The van der Waals surface area contributed by atoms with Gasteiger partial charge in [-0.15, -0.1) is 0 Å². The molecule has 41 nitrogen and oxygen atoms in total. The number of para-hydroxylation sites is 1. The van der Waals surface area contributed by atoms with Crippen molar-refractivity contribution in [2.24, 2.45) is 59.0 Å². The Bertz CT molecular complexity index is 4290. The van der Waals surface area contributed by atoms with Crippen molar-refractivity contribution < 1.29 is 102 Å². The molecule has 1 aromatic carbocycles. The van der Waals surface area contributed by atoms with Gasteiger partial charge in [0.15, 0.2) is 0 Å². The van der Waals surface area contributed by atoms with Gasteiger partial charge in [-0.2, -0.15) is 0 Å². The predicted molar refractivity (Wildman–Crippen MR) is 513 cm³/mol. The minimum Gasteiger partial charge on any atom is -0.394 e. The zero-order chi connectivity index (χ0) is 103. The Morgan fingerprint density at radius 2 is 0.824 bits per heavy atom. The van der Waals surface area contributed by atoms with Crippen molar-refractivity contribution in [2.45, 2.75) is 358 Å². The van der Waals surface area contributed by atoms with Gasteiger partial charge in [-0.3, -0.25) is 86.3 Å². The fourth-order valence-electron chi connectivity index (χ4n) is 15.3. The molecule has 0 saturated carbocycles. The minimum atomic E-state index is -1.87. The second kappa shape index (κ2) is 59.3. The van der Waals surface area contributed by atoms with Crippen LogP contribution in [-0.2, 0) is 92.7 Å². The third-order valence-electron chi connectivity index (χ3n) is 24.2. The van der Waals surface area contributed by atoms with E-state index in [1.165, 1.54) is 18.7 Å². The van der Waals surface area contributed by atoms with Gasteiger partial charge in [0.05, 0.1) is 31.9 Å². The maximum atomic E-state index is 14.6. The largest absolute Gasteiger partial charge is 0.394 e. The molecular weight excluding hydrogens is 1760 g/mol. The number of carbonyl (C=O) groups is 18. The van der Waals surface area contributed by atoms with Crippen molar-refractivity contribution in [3.05, 3.63) is 36.0 Å². The lowest BCUT2D eigenvalue weighted by molar-refractivity contribution is -0.142. The maximum absolute atomic E-state index is 14.6. The number of nitrogens with two attached hydrogens (primary N) is 1. The quantitative estimate of drug-likeness (QED) is 0.0393. The van der Waals surface area contributed by atoms with Crippen molar-refractivity contribution >= 4 is 117 Å². The van der Waals surface area contributed by atoms with E-state index in [9.17, 15) is 102 Å². The van der Waals surface area contributed by atoms with Crippen LogP contribution in [0.3, 0.4) is 0 Å². The molecule has 41 heteroatoms. The highest BCUT2D eigenvalue weighted by molar-refractivity contribution is 6.02. The van der Waals surface area contributed by atoms with E-state index >= 15 is 0 Å². The number of nitrogens with zero attached hydrogens (tertiary/aromatic N) is 1. The van der Waals surface area contributed by atoms with E-state index in [4.69, 9.17) is 5.73 Å². The maximum Gasteiger partial charge on any atom is 0.245 e. The lowest BCUT2D eigenvalue weighted by Crippen LogP contribution is -2.63.